The van der Waals surface area contributed by atoms with E-state index in [2.05, 4.69) is 54.5 Å². The molecule has 3 amide bonds. The number of rotatable bonds is 5. The van der Waals surface area contributed by atoms with E-state index in [-0.39, 0.29) is 48.9 Å². The van der Waals surface area contributed by atoms with E-state index in [0.29, 0.717) is 67.3 Å². The van der Waals surface area contributed by atoms with Gasteiger partial charge in [0.2, 0.25) is 23.7 Å². The summed E-state index contributed by atoms with van der Waals surface area (Å²) in [5.41, 5.74) is 5.34. The maximum atomic E-state index is 15.4. The van der Waals surface area contributed by atoms with E-state index < -0.39 is 29.4 Å². The number of nitrogens with zero attached hydrogens (tertiary/aromatic N) is 8. The van der Waals surface area contributed by atoms with Crippen molar-refractivity contribution in [3.8, 4) is 17.1 Å². The fourth-order valence-electron chi connectivity index (χ4n) is 9.75. The highest BCUT2D eigenvalue weighted by molar-refractivity contribution is 6.19. The van der Waals surface area contributed by atoms with Crippen molar-refractivity contribution in [2.45, 2.75) is 70.4 Å². The molecule has 3 atom stereocenters. The lowest BCUT2D eigenvalue weighted by atomic mass is 9.89. The van der Waals surface area contributed by atoms with Gasteiger partial charge in [-0.2, -0.15) is 10.1 Å². The Balaban J connectivity index is 0.886. The highest BCUT2D eigenvalue weighted by Crippen LogP contribution is 2.39. The molecule has 7 heterocycles. The SMILES string of the molecule is Cc1cc2cc(n1)-c1cnn(C)c1OCCC[C@@H](C)CN1/C(=N/C2=O)Nc2ccc(N3CCN(C4CCN(c5cc(F)c([C@H]6CCC(=O)NC6=O)c(F)c5)CC4)[C@H](CO)C3)cc21. The molecule has 15 nitrogen and oxygen atoms in total. The van der Waals surface area contributed by atoms with Crippen molar-refractivity contribution in [3.63, 3.8) is 0 Å². The number of aryl methyl sites for hydroxylation is 2. The van der Waals surface area contributed by atoms with Crippen LogP contribution in [0.3, 0.4) is 0 Å². The van der Waals surface area contributed by atoms with Crippen molar-refractivity contribution in [2.75, 3.05) is 72.5 Å². The lowest BCUT2D eigenvalue weighted by Crippen LogP contribution is -2.59. The van der Waals surface area contributed by atoms with Crippen LogP contribution in [-0.4, -0.2) is 113 Å². The number of piperidine rings is 2. The van der Waals surface area contributed by atoms with Gasteiger partial charge in [0.25, 0.3) is 5.91 Å². The van der Waals surface area contributed by atoms with Crippen LogP contribution in [0.15, 0.2) is 53.7 Å². The van der Waals surface area contributed by atoms with Gasteiger partial charge in [0.15, 0.2) is 0 Å². The van der Waals surface area contributed by atoms with Gasteiger partial charge in [-0.3, -0.25) is 29.6 Å². The van der Waals surface area contributed by atoms with Gasteiger partial charge >= 0.3 is 0 Å². The fraction of sp³-hybridized carbons (Fsp3) is 0.467. The van der Waals surface area contributed by atoms with Crippen molar-refractivity contribution in [3.05, 3.63) is 77.1 Å². The van der Waals surface area contributed by atoms with E-state index in [4.69, 9.17) is 9.72 Å². The summed E-state index contributed by atoms with van der Waals surface area (Å²) in [6, 6.07) is 12.4. The minimum absolute atomic E-state index is 0.0223. The van der Waals surface area contributed by atoms with E-state index in [0.717, 1.165) is 61.4 Å². The van der Waals surface area contributed by atoms with Gasteiger partial charge in [-0.25, -0.2) is 13.5 Å². The lowest BCUT2D eigenvalue weighted by Gasteiger charge is -2.48. The molecule has 17 heteroatoms. The number of ether oxygens (including phenoxy) is 1. The summed E-state index contributed by atoms with van der Waals surface area (Å²) in [5, 5.41) is 20.7. The number of aliphatic hydroxyl groups is 1. The zero-order chi connectivity index (χ0) is 43.2. The number of aliphatic imine (C=N–C) groups is 1. The number of halogens is 2. The van der Waals surface area contributed by atoms with Gasteiger partial charge in [0.05, 0.1) is 54.0 Å². The monoisotopic (exact) mass is 850 g/mol. The number of carbonyl (C=O) groups excluding carboxylic acids is 3. The second kappa shape index (κ2) is 17.1. The van der Waals surface area contributed by atoms with Crippen LogP contribution in [0.4, 0.5) is 31.5 Å². The lowest BCUT2D eigenvalue weighted by molar-refractivity contribution is -0.134. The molecule has 5 aliphatic heterocycles. The standard InChI is InChI=1S/C45H52F2N10O5/c1-26-5-4-16-62-44-34(22-48-53(44)3)38-18-28(17-27(2)49-38)42(60)52-45-50-37-8-6-30(21-39(37)57(45)23-26)55-14-15-56(32(24-55)25-58)29-10-12-54(13-11-29)31-19-35(46)41(36(47)20-31)33-7-9-40(59)51-43(33)61/h6,8,17-22,26,29,32-33,58H,4-5,7,9-16,23-25H2,1-3H3,(H,50,52,60)(H,51,59,61)/t26-,32+,33-/m1/s1. The van der Waals surface area contributed by atoms with Crippen LogP contribution in [0.25, 0.3) is 11.3 Å². The molecule has 326 valence electrons. The number of hydrogen-bond donors (Lipinski definition) is 3. The minimum Gasteiger partial charge on any atom is -0.477 e. The first-order valence-corrected chi connectivity index (χ1v) is 21.6. The number of amides is 3. The molecule has 2 bridgehead atoms. The summed E-state index contributed by atoms with van der Waals surface area (Å²) in [5.74, 6) is -2.79. The van der Waals surface area contributed by atoms with Gasteiger partial charge in [0, 0.05) is 87.0 Å². The zero-order valence-electron chi connectivity index (χ0n) is 35.2. The largest absolute Gasteiger partial charge is 0.477 e. The Morgan fingerprint density at radius 1 is 0.903 bits per heavy atom. The van der Waals surface area contributed by atoms with Gasteiger partial charge in [-0.05, 0) is 87.4 Å². The van der Waals surface area contributed by atoms with Crippen LogP contribution in [0, 0.1) is 24.5 Å². The third kappa shape index (κ3) is 8.10. The molecule has 2 aromatic carbocycles. The average Bonchev–Trinajstić information content (AvgIpc) is 3.79. The molecule has 9 rings (SSSR count). The zero-order valence-corrected chi connectivity index (χ0v) is 35.2. The number of anilines is 4. The van der Waals surface area contributed by atoms with Crippen molar-refractivity contribution in [1.82, 2.24) is 25.0 Å². The van der Waals surface area contributed by atoms with Crippen molar-refractivity contribution in [1.29, 1.82) is 0 Å². The van der Waals surface area contributed by atoms with E-state index in [9.17, 15) is 19.5 Å². The van der Waals surface area contributed by atoms with Crippen LogP contribution in [0.1, 0.15) is 73.0 Å². The predicted molar refractivity (Wildman–Crippen MR) is 231 cm³/mol. The Bertz CT molecular complexity index is 2410. The number of carbonyl (C=O) groups is 3. The fourth-order valence-corrected chi connectivity index (χ4v) is 9.75. The molecule has 0 unspecified atom stereocenters. The number of nitrogens with one attached hydrogen (secondary N) is 2. The van der Waals surface area contributed by atoms with Crippen molar-refractivity contribution >= 4 is 46.4 Å². The number of imide groups is 1. The van der Waals surface area contributed by atoms with Crippen molar-refractivity contribution < 1.29 is 33.0 Å². The molecular weight excluding hydrogens is 799 g/mol. The second-order valence-electron chi connectivity index (χ2n) is 17.2. The smallest absolute Gasteiger partial charge is 0.280 e. The first-order chi connectivity index (χ1) is 29.9. The van der Waals surface area contributed by atoms with Gasteiger partial charge in [-0.1, -0.05) is 6.92 Å². The Kier molecular flexibility index (Phi) is 11.4. The van der Waals surface area contributed by atoms with Crippen LogP contribution >= 0.6 is 0 Å². The first-order valence-electron chi connectivity index (χ1n) is 21.6. The number of fused-ring (bicyclic) bond motifs is 7. The number of pyridine rings is 1. The predicted octanol–water partition coefficient (Wildman–Crippen LogP) is 4.98. The Morgan fingerprint density at radius 2 is 1.69 bits per heavy atom. The third-order valence-electron chi connectivity index (χ3n) is 13.0. The molecule has 3 saturated heterocycles. The molecule has 0 saturated carbocycles. The van der Waals surface area contributed by atoms with Crippen LogP contribution < -0.4 is 30.1 Å². The Labute approximate surface area is 358 Å². The number of piperazine rings is 1. The molecule has 0 aliphatic carbocycles. The molecule has 0 radical (unpaired) electrons. The second-order valence-corrected chi connectivity index (χ2v) is 17.2. The Hall–Kier alpha value is -5.94. The van der Waals surface area contributed by atoms with Crippen LogP contribution in [0.2, 0.25) is 0 Å². The molecule has 62 heavy (non-hydrogen) atoms. The molecule has 3 fully saturated rings. The summed E-state index contributed by atoms with van der Waals surface area (Å²) in [4.78, 5) is 55.9. The summed E-state index contributed by atoms with van der Waals surface area (Å²) >= 11 is 0. The van der Waals surface area contributed by atoms with Gasteiger partial charge in [0.1, 0.15) is 11.6 Å². The number of aromatic nitrogens is 3. The molecule has 5 aliphatic rings. The number of guanidine groups is 1. The maximum Gasteiger partial charge on any atom is 0.280 e. The number of hydrogen-bond acceptors (Lipinski definition) is 12. The van der Waals surface area contributed by atoms with Crippen LogP contribution in [-0.2, 0) is 16.6 Å². The van der Waals surface area contributed by atoms with E-state index in [1.807, 2.05) is 24.9 Å². The summed E-state index contributed by atoms with van der Waals surface area (Å²) in [6.45, 7) is 8.39. The highest BCUT2D eigenvalue weighted by atomic mass is 19.1. The Morgan fingerprint density at radius 3 is 2.45 bits per heavy atom. The van der Waals surface area contributed by atoms with E-state index in [1.165, 1.54) is 12.1 Å². The number of benzene rings is 2. The molecule has 0 spiro atoms. The van der Waals surface area contributed by atoms with E-state index >= 15 is 8.78 Å². The quantitative estimate of drug-likeness (QED) is 0.232. The molecular formula is C45H52F2N10O5. The van der Waals surface area contributed by atoms with Gasteiger partial charge in [-0.15, -0.1) is 0 Å². The summed E-state index contributed by atoms with van der Waals surface area (Å²) in [6.07, 6.45) is 5.03. The highest BCUT2D eigenvalue weighted by Gasteiger charge is 2.37. The normalized spacial score (nSPS) is 23.6. The summed E-state index contributed by atoms with van der Waals surface area (Å²) < 4.78 is 38.7. The topological polar surface area (TPSA) is 161 Å². The van der Waals surface area contributed by atoms with Crippen LogP contribution in [0.5, 0.6) is 5.88 Å². The average molecular weight is 851 g/mol. The maximum absolute atomic E-state index is 15.4. The minimum atomic E-state index is -1.04. The molecule has 3 N–H and O–H groups in total. The molecule has 4 aromatic rings. The number of aliphatic hydroxyl groups excluding tert-OH is 1. The molecule has 2 aromatic heterocycles. The third-order valence-corrected chi connectivity index (χ3v) is 13.0. The van der Waals surface area contributed by atoms with Gasteiger partial charge < -0.3 is 29.9 Å². The summed E-state index contributed by atoms with van der Waals surface area (Å²) in [7, 11) is 1.83. The van der Waals surface area contributed by atoms with E-state index in [1.54, 1.807) is 23.0 Å². The van der Waals surface area contributed by atoms with Crippen molar-refractivity contribution in [2.24, 2.45) is 18.0 Å². The first kappa shape index (κ1) is 41.4.